The number of nitrogens with two attached hydrogens (primary N) is 1. The van der Waals surface area contributed by atoms with Crippen molar-refractivity contribution in [2.24, 2.45) is 5.73 Å². The number of nitriles is 1. The van der Waals surface area contributed by atoms with Crippen LogP contribution in [0.2, 0.25) is 0 Å². The highest BCUT2D eigenvalue weighted by Crippen LogP contribution is 2.27. The van der Waals surface area contributed by atoms with E-state index >= 15 is 0 Å². The van der Waals surface area contributed by atoms with Crippen LogP contribution in [-0.2, 0) is 25.7 Å². The van der Waals surface area contributed by atoms with Crippen molar-refractivity contribution < 1.29 is 29.0 Å². The van der Waals surface area contributed by atoms with Gasteiger partial charge in [-0.05, 0) is 56.5 Å². The Labute approximate surface area is 221 Å². The van der Waals surface area contributed by atoms with Crippen molar-refractivity contribution >= 4 is 23.8 Å². The Morgan fingerprint density at radius 1 is 1.13 bits per heavy atom. The molecule has 2 unspecified atom stereocenters. The molecule has 0 aromatic heterocycles. The fraction of sp³-hybridized carbons (Fsp3) is 0.370. The van der Waals surface area contributed by atoms with E-state index in [1.165, 1.54) is 18.2 Å². The number of aromatic hydroxyl groups is 1. The molecule has 0 heterocycles. The number of alkyl carbamates (subject to hydrolysis) is 1. The number of hydrogen-bond donors (Lipinski definition) is 4. The van der Waals surface area contributed by atoms with E-state index in [2.05, 4.69) is 10.6 Å². The quantitative estimate of drug-likeness (QED) is 0.345. The lowest BCUT2D eigenvalue weighted by Gasteiger charge is -2.32. The first kappa shape index (κ1) is 29.6. The lowest BCUT2D eigenvalue weighted by Crippen LogP contribution is -2.54. The molecule has 2 rings (SSSR count). The highest BCUT2D eigenvalue weighted by molar-refractivity contribution is 5.94. The van der Waals surface area contributed by atoms with Gasteiger partial charge < -0.3 is 31.1 Å². The van der Waals surface area contributed by atoms with Crippen molar-refractivity contribution in [2.75, 3.05) is 6.54 Å². The Balaban J connectivity index is 2.48. The Morgan fingerprint density at radius 2 is 1.79 bits per heavy atom. The number of benzene rings is 2. The van der Waals surface area contributed by atoms with Gasteiger partial charge in [-0.1, -0.05) is 36.4 Å². The molecule has 2 atom stereocenters. The number of nitrogens with zero attached hydrogens (tertiary/aromatic N) is 2. The zero-order valence-electron chi connectivity index (χ0n) is 21.9. The largest absolute Gasteiger partial charge is 0.508 e. The lowest BCUT2D eigenvalue weighted by molar-refractivity contribution is -0.142. The summed E-state index contributed by atoms with van der Waals surface area (Å²) in [5.74, 6) is -2.41. The number of amides is 4. The number of carbonyl (C=O) groups is 4. The summed E-state index contributed by atoms with van der Waals surface area (Å²) in [6.07, 6.45) is -1.56. The minimum Gasteiger partial charge on any atom is -0.508 e. The van der Waals surface area contributed by atoms with Crippen LogP contribution in [0.15, 0.2) is 48.5 Å². The van der Waals surface area contributed by atoms with Gasteiger partial charge in [0.05, 0.1) is 12.5 Å². The maximum Gasteiger partial charge on any atom is 0.408 e. The Morgan fingerprint density at radius 3 is 2.34 bits per heavy atom. The molecule has 202 valence electrons. The van der Waals surface area contributed by atoms with Crippen LogP contribution in [0, 0.1) is 18.3 Å². The van der Waals surface area contributed by atoms with E-state index in [0.29, 0.717) is 11.1 Å². The molecule has 5 N–H and O–H groups in total. The predicted molar refractivity (Wildman–Crippen MR) is 138 cm³/mol. The minimum atomic E-state index is -1.50. The zero-order valence-corrected chi connectivity index (χ0v) is 21.9. The number of hydrogen-bond acceptors (Lipinski definition) is 7. The molecule has 4 amide bonds. The zero-order chi connectivity index (χ0) is 28.5. The van der Waals surface area contributed by atoms with E-state index in [-0.39, 0.29) is 12.3 Å². The van der Waals surface area contributed by atoms with Crippen molar-refractivity contribution in [3.8, 4) is 11.8 Å². The van der Waals surface area contributed by atoms with Crippen molar-refractivity contribution in [1.29, 1.82) is 5.26 Å². The molecule has 0 saturated carbocycles. The highest BCUT2D eigenvalue weighted by atomic mass is 16.6. The van der Waals surface area contributed by atoms with Gasteiger partial charge in [-0.3, -0.25) is 14.4 Å². The SMILES string of the molecule is Cc1cc(C(C(=O)NCc2ccccc2)N(CC#N)C(=O)C(CC(N)=O)NC(=O)OC(C)(C)C)ccc1O. The number of ether oxygens (including phenoxy) is 1. The van der Waals surface area contributed by atoms with Gasteiger partial charge in [0.2, 0.25) is 17.7 Å². The molecule has 0 radical (unpaired) electrons. The van der Waals surface area contributed by atoms with Crippen LogP contribution >= 0.6 is 0 Å². The second kappa shape index (κ2) is 13.1. The van der Waals surface area contributed by atoms with Crippen LogP contribution in [0.4, 0.5) is 4.79 Å². The fourth-order valence-electron chi connectivity index (χ4n) is 3.63. The van der Waals surface area contributed by atoms with Crippen LogP contribution < -0.4 is 16.4 Å². The fourth-order valence-corrected chi connectivity index (χ4v) is 3.63. The monoisotopic (exact) mass is 523 g/mol. The summed E-state index contributed by atoms with van der Waals surface area (Å²) in [5.41, 5.74) is 5.99. The predicted octanol–water partition coefficient (Wildman–Crippen LogP) is 2.18. The smallest absolute Gasteiger partial charge is 0.408 e. The van der Waals surface area contributed by atoms with E-state index in [1.807, 2.05) is 36.4 Å². The Kier molecular flexibility index (Phi) is 10.2. The first-order valence-electron chi connectivity index (χ1n) is 11.9. The van der Waals surface area contributed by atoms with Crippen molar-refractivity contribution in [1.82, 2.24) is 15.5 Å². The highest BCUT2D eigenvalue weighted by Gasteiger charge is 2.37. The van der Waals surface area contributed by atoms with Gasteiger partial charge in [-0.2, -0.15) is 5.26 Å². The summed E-state index contributed by atoms with van der Waals surface area (Å²) >= 11 is 0. The van der Waals surface area contributed by atoms with E-state index in [1.54, 1.807) is 27.7 Å². The van der Waals surface area contributed by atoms with Crippen LogP contribution in [0.1, 0.15) is 49.9 Å². The molecule has 38 heavy (non-hydrogen) atoms. The average molecular weight is 524 g/mol. The summed E-state index contributed by atoms with van der Waals surface area (Å²) in [7, 11) is 0. The molecule has 0 aliphatic heterocycles. The number of rotatable bonds is 10. The first-order chi connectivity index (χ1) is 17.8. The molecule has 11 heteroatoms. The molecule has 0 bridgehead atoms. The summed E-state index contributed by atoms with van der Waals surface area (Å²) in [4.78, 5) is 52.3. The summed E-state index contributed by atoms with van der Waals surface area (Å²) < 4.78 is 5.20. The van der Waals surface area contributed by atoms with E-state index in [9.17, 15) is 29.5 Å². The lowest BCUT2D eigenvalue weighted by atomic mass is 9.99. The normalized spacial score (nSPS) is 12.4. The maximum absolute atomic E-state index is 13.7. The van der Waals surface area contributed by atoms with Crippen LogP contribution in [0.25, 0.3) is 0 Å². The number of primary amides is 1. The summed E-state index contributed by atoms with van der Waals surface area (Å²) in [5, 5.41) is 24.7. The van der Waals surface area contributed by atoms with E-state index in [4.69, 9.17) is 10.5 Å². The number of phenolic OH excluding ortho intramolecular Hbond substituents is 1. The van der Waals surface area contributed by atoms with Crippen molar-refractivity contribution in [3.05, 3.63) is 65.2 Å². The third kappa shape index (κ3) is 8.81. The van der Waals surface area contributed by atoms with E-state index < -0.39 is 54.5 Å². The van der Waals surface area contributed by atoms with Gasteiger partial charge in [0.15, 0.2) is 0 Å². The molecule has 0 aliphatic carbocycles. The van der Waals surface area contributed by atoms with Crippen LogP contribution in [0.5, 0.6) is 5.75 Å². The first-order valence-corrected chi connectivity index (χ1v) is 11.9. The molecule has 0 fully saturated rings. The minimum absolute atomic E-state index is 0.0199. The molecular formula is C27H33N5O6. The van der Waals surface area contributed by atoms with Gasteiger partial charge in [-0.15, -0.1) is 0 Å². The van der Waals surface area contributed by atoms with Crippen LogP contribution in [-0.4, -0.2) is 52.0 Å². The molecule has 2 aromatic rings. The third-order valence-electron chi connectivity index (χ3n) is 5.32. The van der Waals surface area contributed by atoms with Gasteiger partial charge in [-0.25, -0.2) is 4.79 Å². The third-order valence-corrected chi connectivity index (χ3v) is 5.32. The summed E-state index contributed by atoms with van der Waals surface area (Å²) in [6, 6.07) is 12.5. The van der Waals surface area contributed by atoms with Gasteiger partial charge in [0, 0.05) is 6.54 Å². The average Bonchev–Trinajstić information content (AvgIpc) is 2.83. The molecule has 0 aliphatic rings. The van der Waals surface area contributed by atoms with Gasteiger partial charge >= 0.3 is 6.09 Å². The molecule has 2 aromatic carbocycles. The molecule has 0 saturated heterocycles. The number of nitrogens with one attached hydrogen (secondary N) is 2. The van der Waals surface area contributed by atoms with E-state index in [0.717, 1.165) is 10.5 Å². The summed E-state index contributed by atoms with van der Waals surface area (Å²) in [6.45, 7) is 6.09. The van der Waals surface area contributed by atoms with Gasteiger partial charge in [0.25, 0.3) is 0 Å². The number of phenols is 1. The van der Waals surface area contributed by atoms with Crippen molar-refractivity contribution in [3.63, 3.8) is 0 Å². The second-order valence-corrected chi connectivity index (χ2v) is 9.65. The molecule has 11 nitrogen and oxygen atoms in total. The molecular weight excluding hydrogens is 490 g/mol. The second-order valence-electron chi connectivity index (χ2n) is 9.65. The Bertz CT molecular complexity index is 1200. The molecule has 0 spiro atoms. The standard InChI is InChI=1S/C27H33N5O6/c1-17-14-19(10-11-21(17)33)23(24(35)30-16-18-8-6-5-7-9-18)32(13-12-28)25(36)20(15-22(29)34)31-26(37)38-27(2,3)4/h5-11,14,20,23,33H,13,15-16H2,1-4H3,(H2,29,34)(H,30,35)(H,31,37). The maximum atomic E-state index is 13.7. The number of carbonyl (C=O) groups excluding carboxylic acids is 4. The Hall–Kier alpha value is -4.59. The van der Waals surface area contributed by atoms with Gasteiger partial charge in [0.1, 0.15) is 30.0 Å². The number of aryl methyl sites for hydroxylation is 1. The van der Waals surface area contributed by atoms with Crippen molar-refractivity contribution in [2.45, 2.75) is 58.3 Å². The topological polar surface area (TPSA) is 175 Å². The van der Waals surface area contributed by atoms with Crippen LogP contribution in [0.3, 0.4) is 0 Å².